The number of benzene rings is 1. The van der Waals surface area contributed by atoms with Crippen molar-refractivity contribution in [1.29, 1.82) is 0 Å². The SMILES string of the molecule is Cc1cc(Br)cc2c(N)c3c(nc12)CCC3. The third-order valence-corrected chi connectivity index (χ3v) is 3.77. The fourth-order valence-electron chi connectivity index (χ4n) is 2.53. The number of pyridine rings is 1. The Labute approximate surface area is 103 Å². The Bertz CT molecular complexity index is 590. The minimum absolute atomic E-state index is 0.932. The first-order valence-electron chi connectivity index (χ1n) is 5.54. The van der Waals surface area contributed by atoms with Crippen molar-refractivity contribution in [2.45, 2.75) is 26.2 Å². The molecule has 0 aliphatic heterocycles. The molecule has 0 spiro atoms. The maximum Gasteiger partial charge on any atom is 0.0756 e. The van der Waals surface area contributed by atoms with E-state index in [1.54, 1.807) is 0 Å². The van der Waals surface area contributed by atoms with Crippen LogP contribution in [-0.2, 0) is 12.8 Å². The molecule has 0 amide bonds. The van der Waals surface area contributed by atoms with Crippen molar-refractivity contribution in [3.8, 4) is 0 Å². The molecule has 2 nitrogen and oxygen atoms in total. The van der Waals surface area contributed by atoms with Crippen molar-refractivity contribution >= 4 is 32.5 Å². The van der Waals surface area contributed by atoms with Gasteiger partial charge in [0.15, 0.2) is 0 Å². The van der Waals surface area contributed by atoms with Gasteiger partial charge in [0.2, 0.25) is 0 Å². The Hall–Kier alpha value is -1.09. The van der Waals surface area contributed by atoms with Crippen molar-refractivity contribution < 1.29 is 0 Å². The molecular formula is C13H13BrN2. The summed E-state index contributed by atoms with van der Waals surface area (Å²) in [7, 11) is 0. The van der Waals surface area contributed by atoms with E-state index in [1.165, 1.54) is 23.2 Å². The molecule has 3 heteroatoms. The zero-order valence-electron chi connectivity index (χ0n) is 9.18. The zero-order chi connectivity index (χ0) is 11.3. The number of nitrogens with zero attached hydrogens (tertiary/aromatic N) is 1. The van der Waals surface area contributed by atoms with E-state index in [0.29, 0.717) is 0 Å². The van der Waals surface area contributed by atoms with Crippen LogP contribution >= 0.6 is 15.9 Å². The molecule has 0 saturated carbocycles. The predicted octanol–water partition coefficient (Wildman–Crippen LogP) is 3.38. The summed E-state index contributed by atoms with van der Waals surface area (Å²) in [5.74, 6) is 0. The van der Waals surface area contributed by atoms with Crippen LogP contribution in [0.25, 0.3) is 10.9 Å². The van der Waals surface area contributed by atoms with Crippen LogP contribution in [0.15, 0.2) is 16.6 Å². The van der Waals surface area contributed by atoms with E-state index in [0.717, 1.165) is 33.9 Å². The normalized spacial score (nSPS) is 14.4. The Morgan fingerprint density at radius 2 is 2.12 bits per heavy atom. The molecule has 1 aliphatic rings. The Morgan fingerprint density at radius 3 is 2.94 bits per heavy atom. The summed E-state index contributed by atoms with van der Waals surface area (Å²) in [6.07, 6.45) is 3.34. The van der Waals surface area contributed by atoms with Gasteiger partial charge in [-0.2, -0.15) is 0 Å². The second-order valence-electron chi connectivity index (χ2n) is 4.42. The lowest BCUT2D eigenvalue weighted by molar-refractivity contribution is 0.901. The Balaban J connectivity index is 2.46. The number of hydrogen-bond acceptors (Lipinski definition) is 2. The molecule has 1 aromatic carbocycles. The number of hydrogen-bond donors (Lipinski definition) is 1. The van der Waals surface area contributed by atoms with E-state index in [4.69, 9.17) is 10.7 Å². The lowest BCUT2D eigenvalue weighted by Gasteiger charge is -2.10. The van der Waals surface area contributed by atoms with Crippen molar-refractivity contribution in [3.05, 3.63) is 33.4 Å². The molecule has 2 N–H and O–H groups in total. The second-order valence-corrected chi connectivity index (χ2v) is 5.34. The smallest absolute Gasteiger partial charge is 0.0756 e. The van der Waals surface area contributed by atoms with Gasteiger partial charge in [0.1, 0.15) is 0 Å². The number of nitrogen functional groups attached to an aromatic ring is 1. The number of fused-ring (bicyclic) bond motifs is 2. The number of aromatic nitrogens is 1. The van der Waals surface area contributed by atoms with Crippen LogP contribution in [0, 0.1) is 6.92 Å². The number of aryl methyl sites for hydroxylation is 2. The third-order valence-electron chi connectivity index (χ3n) is 3.32. The van der Waals surface area contributed by atoms with E-state index in [2.05, 4.69) is 35.0 Å². The van der Waals surface area contributed by atoms with Crippen molar-refractivity contribution in [2.24, 2.45) is 0 Å². The molecule has 0 bridgehead atoms. The Kier molecular flexibility index (Phi) is 2.18. The van der Waals surface area contributed by atoms with E-state index < -0.39 is 0 Å². The molecule has 0 saturated heterocycles. The largest absolute Gasteiger partial charge is 0.398 e. The lowest BCUT2D eigenvalue weighted by Crippen LogP contribution is -1.99. The number of nitrogens with two attached hydrogens (primary N) is 1. The first-order valence-corrected chi connectivity index (χ1v) is 6.33. The molecule has 1 heterocycles. The lowest BCUT2D eigenvalue weighted by atomic mass is 10.0. The minimum atomic E-state index is 0.932. The maximum atomic E-state index is 6.25. The van der Waals surface area contributed by atoms with Gasteiger partial charge in [-0.25, -0.2) is 0 Å². The van der Waals surface area contributed by atoms with Crippen molar-refractivity contribution in [3.63, 3.8) is 0 Å². The first-order chi connectivity index (χ1) is 7.66. The molecule has 0 unspecified atom stereocenters. The number of anilines is 1. The maximum absolute atomic E-state index is 6.25. The molecule has 16 heavy (non-hydrogen) atoms. The van der Waals surface area contributed by atoms with Crippen molar-refractivity contribution in [1.82, 2.24) is 4.98 Å². The fraction of sp³-hybridized carbons (Fsp3) is 0.308. The van der Waals surface area contributed by atoms with Crippen LogP contribution in [0.2, 0.25) is 0 Å². The highest BCUT2D eigenvalue weighted by atomic mass is 79.9. The monoisotopic (exact) mass is 276 g/mol. The summed E-state index contributed by atoms with van der Waals surface area (Å²) in [6, 6.07) is 4.17. The van der Waals surface area contributed by atoms with Gasteiger partial charge in [-0.05, 0) is 49.4 Å². The molecule has 3 rings (SSSR count). The van der Waals surface area contributed by atoms with Gasteiger partial charge < -0.3 is 5.73 Å². The highest BCUT2D eigenvalue weighted by Crippen LogP contribution is 2.34. The van der Waals surface area contributed by atoms with Crippen LogP contribution in [0.1, 0.15) is 23.2 Å². The predicted molar refractivity (Wildman–Crippen MR) is 70.6 cm³/mol. The summed E-state index contributed by atoms with van der Waals surface area (Å²) in [4.78, 5) is 4.76. The molecule has 0 fully saturated rings. The third kappa shape index (κ3) is 1.34. The average Bonchev–Trinajstić information content (AvgIpc) is 2.68. The molecule has 82 valence electrons. The quantitative estimate of drug-likeness (QED) is 0.801. The van der Waals surface area contributed by atoms with Crippen LogP contribution in [0.5, 0.6) is 0 Å². The summed E-state index contributed by atoms with van der Waals surface area (Å²) in [5.41, 5.74) is 11.9. The van der Waals surface area contributed by atoms with Crippen LogP contribution in [0.3, 0.4) is 0 Å². The second kappa shape index (κ2) is 3.45. The Morgan fingerprint density at radius 1 is 1.31 bits per heavy atom. The standard InChI is InChI=1S/C13H13BrN2/c1-7-5-8(14)6-10-12(15)9-3-2-4-11(9)16-13(7)10/h5-6H,2-4H2,1H3,(H2,15,16). The number of halogens is 1. The van der Waals surface area contributed by atoms with E-state index in [-0.39, 0.29) is 0 Å². The molecular weight excluding hydrogens is 264 g/mol. The molecule has 0 atom stereocenters. The molecule has 1 aliphatic carbocycles. The summed E-state index contributed by atoms with van der Waals surface area (Å²) < 4.78 is 1.07. The van der Waals surface area contributed by atoms with Crippen LogP contribution in [0.4, 0.5) is 5.69 Å². The van der Waals surface area contributed by atoms with Gasteiger partial charge in [-0.3, -0.25) is 4.98 Å². The van der Waals surface area contributed by atoms with Gasteiger partial charge in [-0.1, -0.05) is 15.9 Å². The summed E-state index contributed by atoms with van der Waals surface area (Å²) in [5, 5.41) is 1.09. The minimum Gasteiger partial charge on any atom is -0.398 e. The topological polar surface area (TPSA) is 38.9 Å². The van der Waals surface area contributed by atoms with Gasteiger partial charge in [0, 0.05) is 21.2 Å². The van der Waals surface area contributed by atoms with E-state index >= 15 is 0 Å². The van der Waals surface area contributed by atoms with Crippen LogP contribution in [-0.4, -0.2) is 4.98 Å². The first kappa shape index (κ1) is 10.1. The highest BCUT2D eigenvalue weighted by Gasteiger charge is 2.18. The van der Waals surface area contributed by atoms with Gasteiger partial charge in [0.25, 0.3) is 0 Å². The summed E-state index contributed by atoms with van der Waals surface area (Å²) in [6.45, 7) is 2.08. The zero-order valence-corrected chi connectivity index (χ0v) is 10.8. The highest BCUT2D eigenvalue weighted by molar-refractivity contribution is 9.10. The van der Waals surface area contributed by atoms with Gasteiger partial charge in [-0.15, -0.1) is 0 Å². The molecule has 1 aromatic heterocycles. The van der Waals surface area contributed by atoms with Gasteiger partial charge in [0.05, 0.1) is 5.52 Å². The molecule has 2 aromatic rings. The van der Waals surface area contributed by atoms with E-state index in [1.807, 2.05) is 0 Å². The van der Waals surface area contributed by atoms with Gasteiger partial charge >= 0.3 is 0 Å². The van der Waals surface area contributed by atoms with E-state index in [9.17, 15) is 0 Å². The summed E-state index contributed by atoms with van der Waals surface area (Å²) >= 11 is 3.51. The van der Waals surface area contributed by atoms with Crippen molar-refractivity contribution in [2.75, 3.05) is 5.73 Å². The fourth-order valence-corrected chi connectivity index (χ4v) is 3.10. The number of rotatable bonds is 0. The van der Waals surface area contributed by atoms with Crippen LogP contribution < -0.4 is 5.73 Å². The molecule has 0 radical (unpaired) electrons. The average molecular weight is 277 g/mol.